The summed E-state index contributed by atoms with van der Waals surface area (Å²) in [6, 6.07) is 4.10. The number of hydrogen-bond donors (Lipinski definition) is 1. The number of piperidine rings is 1. The van der Waals surface area contributed by atoms with Crippen molar-refractivity contribution in [2.24, 2.45) is 11.8 Å². The Hall–Kier alpha value is -1.75. The number of carbonyl (C=O) groups is 2. The zero-order chi connectivity index (χ0) is 16.3. The molecular weight excluding hydrogens is 306 g/mol. The maximum atomic E-state index is 12.1. The Balaban J connectivity index is 1.93. The van der Waals surface area contributed by atoms with Gasteiger partial charge < -0.3 is 14.7 Å². The molecule has 5 nitrogen and oxygen atoms in total. The van der Waals surface area contributed by atoms with Gasteiger partial charge in [-0.3, -0.25) is 4.79 Å². The monoisotopic (exact) mass is 325 g/mol. The Labute approximate surface area is 134 Å². The number of nitrogens with zero attached hydrogens (tertiary/aromatic N) is 1. The second-order valence-corrected chi connectivity index (χ2v) is 6.42. The van der Waals surface area contributed by atoms with Gasteiger partial charge in [0.1, 0.15) is 11.3 Å². The summed E-state index contributed by atoms with van der Waals surface area (Å²) < 4.78 is 5.00. The topological polar surface area (TPSA) is 66.8 Å². The Kier molecular flexibility index (Phi) is 5.29. The molecule has 2 rings (SSSR count). The third-order valence-electron chi connectivity index (χ3n) is 3.73. The van der Waals surface area contributed by atoms with E-state index in [1.165, 1.54) is 18.2 Å². The molecule has 6 heteroatoms. The number of phenolic OH excluding ortho intramolecular Hbond substituents is 1. The molecular formula is C16H20ClNO4. The predicted octanol–water partition coefficient (Wildman–Crippen LogP) is 2.71. The number of ether oxygens (including phenoxy) is 1. The standard InChI is InChI=1S/C16H20ClNO4/c1-10-5-11(2)8-18(7-10)15(20)9-22-16(21)13-6-12(17)3-4-14(13)19/h3-4,6,10-11,19H,5,7-9H2,1-2H3/t10-,11-/m0/s1. The first-order valence-corrected chi connectivity index (χ1v) is 7.68. The zero-order valence-electron chi connectivity index (χ0n) is 12.7. The highest BCUT2D eigenvalue weighted by molar-refractivity contribution is 6.31. The molecule has 0 spiro atoms. The SMILES string of the molecule is C[C@H]1C[C@H](C)CN(C(=O)COC(=O)c2cc(Cl)ccc2O)C1. The van der Waals surface area contributed by atoms with E-state index in [4.69, 9.17) is 16.3 Å². The van der Waals surface area contributed by atoms with Gasteiger partial charge in [-0.15, -0.1) is 0 Å². The minimum absolute atomic E-state index is 0.0410. The molecule has 0 unspecified atom stereocenters. The van der Waals surface area contributed by atoms with Gasteiger partial charge in [0.2, 0.25) is 0 Å². The molecule has 0 aliphatic carbocycles. The van der Waals surface area contributed by atoms with Gasteiger partial charge in [0, 0.05) is 18.1 Å². The van der Waals surface area contributed by atoms with E-state index in [-0.39, 0.29) is 23.8 Å². The molecule has 0 radical (unpaired) electrons. The van der Waals surface area contributed by atoms with Gasteiger partial charge in [-0.2, -0.15) is 0 Å². The molecule has 1 heterocycles. The number of aromatic hydroxyl groups is 1. The molecule has 1 aliphatic heterocycles. The average Bonchev–Trinajstić information content (AvgIpc) is 2.45. The van der Waals surface area contributed by atoms with Crippen molar-refractivity contribution in [3.63, 3.8) is 0 Å². The van der Waals surface area contributed by atoms with Crippen LogP contribution in [0.15, 0.2) is 18.2 Å². The lowest BCUT2D eigenvalue weighted by atomic mass is 9.92. The van der Waals surface area contributed by atoms with Gasteiger partial charge in [0.05, 0.1) is 0 Å². The van der Waals surface area contributed by atoms with Crippen molar-refractivity contribution in [3.8, 4) is 5.75 Å². The van der Waals surface area contributed by atoms with Crippen LogP contribution < -0.4 is 0 Å². The van der Waals surface area contributed by atoms with E-state index in [1.54, 1.807) is 4.90 Å². The molecule has 1 aromatic carbocycles. The zero-order valence-corrected chi connectivity index (χ0v) is 13.5. The average molecular weight is 326 g/mol. The van der Waals surface area contributed by atoms with Crippen molar-refractivity contribution >= 4 is 23.5 Å². The first kappa shape index (κ1) is 16.6. The van der Waals surface area contributed by atoms with Crippen LogP contribution in [-0.4, -0.2) is 41.6 Å². The molecule has 22 heavy (non-hydrogen) atoms. The molecule has 0 aromatic heterocycles. The van der Waals surface area contributed by atoms with Crippen molar-refractivity contribution in [1.29, 1.82) is 0 Å². The van der Waals surface area contributed by atoms with Gasteiger partial charge >= 0.3 is 5.97 Å². The number of benzene rings is 1. The summed E-state index contributed by atoms with van der Waals surface area (Å²) >= 11 is 5.78. The smallest absolute Gasteiger partial charge is 0.342 e. The molecule has 1 N–H and O–H groups in total. The van der Waals surface area contributed by atoms with Crippen molar-refractivity contribution in [3.05, 3.63) is 28.8 Å². The van der Waals surface area contributed by atoms with E-state index in [0.29, 0.717) is 29.9 Å². The molecule has 120 valence electrons. The third-order valence-corrected chi connectivity index (χ3v) is 3.96. The summed E-state index contributed by atoms with van der Waals surface area (Å²) in [7, 11) is 0. The van der Waals surface area contributed by atoms with Gasteiger partial charge in [0.25, 0.3) is 5.91 Å². The maximum Gasteiger partial charge on any atom is 0.342 e. The van der Waals surface area contributed by atoms with Crippen LogP contribution in [0.1, 0.15) is 30.6 Å². The Morgan fingerprint density at radius 2 is 1.95 bits per heavy atom. The molecule has 2 atom stereocenters. The van der Waals surface area contributed by atoms with Gasteiger partial charge in [-0.1, -0.05) is 25.4 Å². The van der Waals surface area contributed by atoms with Gasteiger partial charge in [0.15, 0.2) is 6.61 Å². The Morgan fingerprint density at radius 3 is 2.59 bits per heavy atom. The highest BCUT2D eigenvalue weighted by atomic mass is 35.5. The first-order valence-electron chi connectivity index (χ1n) is 7.30. The predicted molar refractivity (Wildman–Crippen MR) is 82.9 cm³/mol. The fraction of sp³-hybridized carbons (Fsp3) is 0.500. The van der Waals surface area contributed by atoms with E-state index < -0.39 is 5.97 Å². The Bertz CT molecular complexity index is 565. The minimum Gasteiger partial charge on any atom is -0.507 e. The molecule has 1 fully saturated rings. The van der Waals surface area contributed by atoms with Crippen LogP contribution in [0.2, 0.25) is 5.02 Å². The highest BCUT2D eigenvalue weighted by Gasteiger charge is 2.26. The van der Waals surface area contributed by atoms with Gasteiger partial charge in [-0.25, -0.2) is 4.79 Å². The third kappa shape index (κ3) is 4.13. The lowest BCUT2D eigenvalue weighted by Crippen LogP contribution is -2.44. The molecule has 0 saturated carbocycles. The lowest BCUT2D eigenvalue weighted by Gasteiger charge is -2.34. The summed E-state index contributed by atoms with van der Waals surface area (Å²) in [5, 5.41) is 9.95. The molecule has 1 amide bonds. The molecule has 1 aromatic rings. The fourth-order valence-electron chi connectivity index (χ4n) is 2.83. The van der Waals surface area contributed by atoms with Crippen molar-refractivity contribution < 1.29 is 19.4 Å². The number of esters is 1. The number of amides is 1. The number of carbonyl (C=O) groups excluding carboxylic acids is 2. The fourth-order valence-corrected chi connectivity index (χ4v) is 3.01. The summed E-state index contributed by atoms with van der Waals surface area (Å²) in [5.41, 5.74) is -0.0410. The van der Waals surface area contributed by atoms with Crippen LogP contribution in [0.3, 0.4) is 0 Å². The highest BCUT2D eigenvalue weighted by Crippen LogP contribution is 2.23. The normalized spacial score (nSPS) is 21.5. The van der Waals surface area contributed by atoms with Crippen molar-refractivity contribution in [1.82, 2.24) is 4.90 Å². The quantitative estimate of drug-likeness (QED) is 0.868. The first-order chi connectivity index (χ1) is 10.4. The van der Waals surface area contributed by atoms with Crippen LogP contribution in [0.5, 0.6) is 5.75 Å². The second-order valence-electron chi connectivity index (χ2n) is 5.98. The molecule has 1 aliphatic rings. The van der Waals surface area contributed by atoms with E-state index in [9.17, 15) is 14.7 Å². The van der Waals surface area contributed by atoms with Crippen LogP contribution in [0, 0.1) is 11.8 Å². The molecule has 1 saturated heterocycles. The van der Waals surface area contributed by atoms with Gasteiger partial charge in [-0.05, 0) is 36.5 Å². The maximum absolute atomic E-state index is 12.1. The van der Waals surface area contributed by atoms with Crippen molar-refractivity contribution in [2.75, 3.05) is 19.7 Å². The van der Waals surface area contributed by atoms with Crippen molar-refractivity contribution in [2.45, 2.75) is 20.3 Å². The summed E-state index contributed by atoms with van der Waals surface area (Å²) in [4.78, 5) is 25.8. The number of phenols is 1. The second kappa shape index (κ2) is 7.01. The molecule has 0 bridgehead atoms. The number of rotatable bonds is 3. The van der Waals surface area contributed by atoms with Crippen LogP contribution >= 0.6 is 11.6 Å². The van der Waals surface area contributed by atoms with E-state index >= 15 is 0 Å². The summed E-state index contributed by atoms with van der Waals surface area (Å²) in [6.45, 7) is 5.24. The minimum atomic E-state index is -0.758. The number of likely N-dealkylation sites (tertiary alicyclic amines) is 1. The van der Waals surface area contributed by atoms with E-state index in [1.807, 2.05) is 0 Å². The lowest BCUT2D eigenvalue weighted by molar-refractivity contribution is -0.137. The van der Waals surface area contributed by atoms with Crippen LogP contribution in [0.4, 0.5) is 0 Å². The number of hydrogen-bond acceptors (Lipinski definition) is 4. The van der Waals surface area contributed by atoms with E-state index in [0.717, 1.165) is 6.42 Å². The largest absolute Gasteiger partial charge is 0.507 e. The number of halogens is 1. The summed E-state index contributed by atoms with van der Waals surface area (Å²) in [5.74, 6) is -0.303. The van der Waals surface area contributed by atoms with Crippen LogP contribution in [0.25, 0.3) is 0 Å². The summed E-state index contributed by atoms with van der Waals surface area (Å²) in [6.07, 6.45) is 1.10. The Morgan fingerprint density at radius 1 is 1.32 bits per heavy atom. The van der Waals surface area contributed by atoms with Crippen LogP contribution in [-0.2, 0) is 9.53 Å². The van der Waals surface area contributed by atoms with E-state index in [2.05, 4.69) is 13.8 Å².